The largest absolute Gasteiger partial charge is 0.338 e. The number of sulfonamides is 1. The summed E-state index contributed by atoms with van der Waals surface area (Å²) in [4.78, 5) is 14.0. The maximum atomic E-state index is 13.0. The lowest BCUT2D eigenvalue weighted by Crippen LogP contribution is -2.42. The van der Waals surface area contributed by atoms with Gasteiger partial charge in [-0.25, -0.2) is 17.6 Å². The van der Waals surface area contributed by atoms with E-state index in [4.69, 9.17) is 0 Å². The van der Waals surface area contributed by atoms with E-state index in [2.05, 4.69) is 19.2 Å². The molecule has 1 heterocycles. The van der Waals surface area contributed by atoms with Crippen LogP contribution in [0, 0.1) is 11.7 Å². The van der Waals surface area contributed by atoms with Crippen LogP contribution in [0.4, 0.5) is 9.18 Å². The van der Waals surface area contributed by atoms with E-state index < -0.39 is 15.8 Å². The lowest BCUT2D eigenvalue weighted by atomic mass is 10.1. The van der Waals surface area contributed by atoms with Crippen LogP contribution in [-0.4, -0.2) is 56.4 Å². The van der Waals surface area contributed by atoms with Gasteiger partial charge in [0.2, 0.25) is 10.0 Å². The Balaban J connectivity index is 1.91. The van der Waals surface area contributed by atoms with E-state index in [1.165, 1.54) is 16.4 Å². The molecule has 1 saturated heterocycles. The third kappa shape index (κ3) is 5.67. The monoisotopic (exact) mass is 385 g/mol. The van der Waals surface area contributed by atoms with Crippen molar-refractivity contribution in [2.75, 3.05) is 32.7 Å². The number of rotatable bonds is 6. The average Bonchev–Trinajstić information content (AvgIpc) is 2.85. The Kier molecular flexibility index (Phi) is 7.40. The highest BCUT2D eigenvalue weighted by Crippen LogP contribution is 2.18. The molecule has 1 aromatic carbocycles. The quantitative estimate of drug-likeness (QED) is 0.766. The van der Waals surface area contributed by atoms with Crippen LogP contribution in [0.3, 0.4) is 0 Å². The van der Waals surface area contributed by atoms with Crippen molar-refractivity contribution in [1.82, 2.24) is 14.5 Å². The van der Waals surface area contributed by atoms with E-state index in [0.717, 1.165) is 25.0 Å². The second-order valence-electron chi connectivity index (χ2n) is 6.97. The third-order valence-corrected chi connectivity index (χ3v) is 6.34. The first-order valence-corrected chi connectivity index (χ1v) is 10.5. The van der Waals surface area contributed by atoms with Gasteiger partial charge in [-0.2, -0.15) is 4.31 Å². The van der Waals surface area contributed by atoms with Crippen LogP contribution in [0.25, 0.3) is 0 Å². The SMILES string of the molecule is CC(C)CCCNC(=O)N1CCCN(S(=O)(=O)c2ccc(F)cc2)CC1. The molecule has 0 aromatic heterocycles. The van der Waals surface area contributed by atoms with Gasteiger partial charge < -0.3 is 10.2 Å². The Morgan fingerprint density at radius 1 is 1.15 bits per heavy atom. The number of carbonyl (C=O) groups is 1. The predicted octanol–water partition coefficient (Wildman–Crippen LogP) is 2.67. The summed E-state index contributed by atoms with van der Waals surface area (Å²) in [7, 11) is -3.67. The van der Waals surface area contributed by atoms with Crippen molar-refractivity contribution in [3.8, 4) is 0 Å². The summed E-state index contributed by atoms with van der Waals surface area (Å²) in [6.07, 6.45) is 2.56. The normalized spacial score (nSPS) is 16.5. The topological polar surface area (TPSA) is 69.7 Å². The minimum Gasteiger partial charge on any atom is -0.338 e. The molecule has 1 N–H and O–H groups in total. The van der Waals surface area contributed by atoms with Crippen LogP contribution in [0.5, 0.6) is 0 Å². The van der Waals surface area contributed by atoms with Crippen molar-refractivity contribution in [3.05, 3.63) is 30.1 Å². The first-order chi connectivity index (χ1) is 12.3. The van der Waals surface area contributed by atoms with Gasteiger partial charge in [-0.05, 0) is 49.4 Å². The molecule has 1 fully saturated rings. The Labute approximate surface area is 155 Å². The molecule has 2 amide bonds. The van der Waals surface area contributed by atoms with Crippen LogP contribution in [-0.2, 0) is 10.0 Å². The fraction of sp³-hybridized carbons (Fsp3) is 0.611. The van der Waals surface area contributed by atoms with Gasteiger partial charge >= 0.3 is 6.03 Å². The van der Waals surface area contributed by atoms with E-state index in [1.807, 2.05) is 0 Å². The Morgan fingerprint density at radius 2 is 1.85 bits per heavy atom. The Hall–Kier alpha value is -1.67. The van der Waals surface area contributed by atoms with Crippen LogP contribution >= 0.6 is 0 Å². The molecular formula is C18H28FN3O3S. The molecule has 0 bridgehead atoms. The number of nitrogens with one attached hydrogen (secondary N) is 1. The number of nitrogens with zero attached hydrogens (tertiary/aromatic N) is 2. The summed E-state index contributed by atoms with van der Waals surface area (Å²) in [5.74, 6) is 0.135. The predicted molar refractivity (Wildman–Crippen MR) is 98.8 cm³/mol. The van der Waals surface area contributed by atoms with Crippen molar-refractivity contribution in [1.29, 1.82) is 0 Å². The molecule has 0 saturated carbocycles. The van der Waals surface area contributed by atoms with Crippen molar-refractivity contribution >= 4 is 16.1 Å². The van der Waals surface area contributed by atoms with Gasteiger partial charge in [0.1, 0.15) is 5.82 Å². The minimum absolute atomic E-state index is 0.0745. The molecule has 8 heteroatoms. The summed E-state index contributed by atoms with van der Waals surface area (Å²) in [5, 5.41) is 2.90. The Bertz CT molecular complexity index is 692. The van der Waals surface area contributed by atoms with E-state index >= 15 is 0 Å². The van der Waals surface area contributed by atoms with Gasteiger partial charge in [0.05, 0.1) is 4.90 Å². The third-order valence-electron chi connectivity index (χ3n) is 4.43. The van der Waals surface area contributed by atoms with Crippen molar-refractivity contribution < 1.29 is 17.6 Å². The van der Waals surface area contributed by atoms with Gasteiger partial charge in [0, 0.05) is 32.7 Å². The molecule has 1 aliphatic rings. The van der Waals surface area contributed by atoms with Gasteiger partial charge in [0.25, 0.3) is 0 Å². The molecule has 0 spiro atoms. The summed E-state index contributed by atoms with van der Waals surface area (Å²) in [5.41, 5.74) is 0. The molecular weight excluding hydrogens is 357 g/mol. The molecule has 1 aromatic rings. The number of hydrogen-bond donors (Lipinski definition) is 1. The van der Waals surface area contributed by atoms with Crippen LogP contribution in [0.2, 0.25) is 0 Å². The van der Waals surface area contributed by atoms with Crippen molar-refractivity contribution in [2.24, 2.45) is 5.92 Å². The number of benzene rings is 1. The minimum atomic E-state index is -3.67. The zero-order valence-corrected chi connectivity index (χ0v) is 16.3. The lowest BCUT2D eigenvalue weighted by molar-refractivity contribution is 0.200. The van der Waals surface area contributed by atoms with Gasteiger partial charge in [-0.15, -0.1) is 0 Å². The maximum absolute atomic E-state index is 13.0. The summed E-state index contributed by atoms with van der Waals surface area (Å²) < 4.78 is 39.8. The molecule has 0 atom stereocenters. The molecule has 2 rings (SSSR count). The standard InChI is InChI=1S/C18H28FN3O3S/c1-15(2)5-3-10-20-18(23)21-11-4-12-22(14-13-21)26(24,25)17-8-6-16(19)7-9-17/h6-9,15H,3-5,10-14H2,1-2H3,(H,20,23). The average molecular weight is 386 g/mol. The summed E-state index contributed by atoms with van der Waals surface area (Å²) >= 11 is 0. The molecule has 0 aliphatic carbocycles. The number of carbonyl (C=O) groups excluding carboxylic acids is 1. The van der Waals surface area contributed by atoms with Crippen LogP contribution < -0.4 is 5.32 Å². The highest BCUT2D eigenvalue weighted by atomic mass is 32.2. The molecule has 6 nitrogen and oxygen atoms in total. The highest BCUT2D eigenvalue weighted by molar-refractivity contribution is 7.89. The molecule has 1 aliphatic heterocycles. The van der Waals surface area contributed by atoms with Gasteiger partial charge in [-0.1, -0.05) is 13.8 Å². The second kappa shape index (κ2) is 9.32. The molecule has 0 unspecified atom stereocenters. The molecule has 0 radical (unpaired) electrons. The number of halogens is 1. The molecule has 146 valence electrons. The maximum Gasteiger partial charge on any atom is 0.317 e. The molecule has 26 heavy (non-hydrogen) atoms. The van der Waals surface area contributed by atoms with E-state index in [0.29, 0.717) is 38.5 Å². The fourth-order valence-corrected chi connectivity index (χ4v) is 4.38. The summed E-state index contributed by atoms with van der Waals surface area (Å²) in [6, 6.07) is 4.68. The second-order valence-corrected chi connectivity index (χ2v) is 8.90. The van der Waals surface area contributed by atoms with E-state index in [9.17, 15) is 17.6 Å². The first-order valence-electron chi connectivity index (χ1n) is 9.09. The van der Waals surface area contributed by atoms with Crippen LogP contribution in [0.15, 0.2) is 29.2 Å². The van der Waals surface area contributed by atoms with E-state index in [1.54, 1.807) is 4.90 Å². The van der Waals surface area contributed by atoms with Crippen molar-refractivity contribution in [2.45, 2.75) is 38.0 Å². The van der Waals surface area contributed by atoms with E-state index in [-0.39, 0.29) is 17.5 Å². The smallest absolute Gasteiger partial charge is 0.317 e. The van der Waals surface area contributed by atoms with Gasteiger partial charge in [-0.3, -0.25) is 0 Å². The highest BCUT2D eigenvalue weighted by Gasteiger charge is 2.28. The number of hydrogen-bond acceptors (Lipinski definition) is 3. The van der Waals surface area contributed by atoms with Crippen LogP contribution in [0.1, 0.15) is 33.1 Å². The number of urea groups is 1. The zero-order valence-electron chi connectivity index (χ0n) is 15.4. The van der Waals surface area contributed by atoms with Crippen molar-refractivity contribution in [3.63, 3.8) is 0 Å². The zero-order chi connectivity index (χ0) is 19.2. The van der Waals surface area contributed by atoms with Gasteiger partial charge in [0.15, 0.2) is 0 Å². The lowest BCUT2D eigenvalue weighted by Gasteiger charge is -2.22. The summed E-state index contributed by atoms with van der Waals surface area (Å²) in [6.45, 7) is 6.36. The Morgan fingerprint density at radius 3 is 2.50 bits per heavy atom. The number of amides is 2. The fourth-order valence-electron chi connectivity index (χ4n) is 2.91. The first kappa shape index (κ1) is 20.6.